The Labute approximate surface area is 121 Å². The molecule has 1 aliphatic heterocycles. The van der Waals surface area contributed by atoms with Crippen LogP contribution in [0.15, 0.2) is 24.3 Å². The minimum absolute atomic E-state index is 0.102. The molecule has 2 aliphatic rings. The maximum atomic E-state index is 5.93. The van der Waals surface area contributed by atoms with Gasteiger partial charge in [-0.1, -0.05) is 43.5 Å². The summed E-state index contributed by atoms with van der Waals surface area (Å²) in [6.45, 7) is 2.21. The molecule has 0 N–H and O–H groups in total. The fourth-order valence-corrected chi connectivity index (χ4v) is 3.26. The molecular weight excluding hydrogens is 250 g/mol. The lowest BCUT2D eigenvalue weighted by Gasteiger charge is -2.33. The van der Waals surface area contributed by atoms with Crippen LogP contribution in [-0.4, -0.2) is 30.8 Å². The Kier molecular flexibility index (Phi) is 4.71. The summed E-state index contributed by atoms with van der Waals surface area (Å²) >= 11 is 0. The predicted molar refractivity (Wildman–Crippen MR) is 79.3 cm³/mol. The van der Waals surface area contributed by atoms with Crippen LogP contribution >= 0.6 is 0 Å². The lowest BCUT2D eigenvalue weighted by Crippen LogP contribution is -2.40. The van der Waals surface area contributed by atoms with Gasteiger partial charge in [0.2, 0.25) is 0 Å². The first-order valence-electron chi connectivity index (χ1n) is 7.83. The monoisotopic (exact) mass is 275 g/mol. The summed E-state index contributed by atoms with van der Waals surface area (Å²) in [5.41, 5.74) is 2.52. The van der Waals surface area contributed by atoms with Gasteiger partial charge in [-0.2, -0.15) is 0 Å². The van der Waals surface area contributed by atoms with E-state index in [9.17, 15) is 0 Å². The number of likely N-dealkylation sites (N-methyl/N-ethyl adjacent to an activating group) is 1. The first-order chi connectivity index (χ1) is 9.83. The van der Waals surface area contributed by atoms with Crippen molar-refractivity contribution in [3.63, 3.8) is 0 Å². The SMILES string of the molecule is CN(CC1OCc2ccccc2CO1)C1CCCCC1. The van der Waals surface area contributed by atoms with E-state index in [-0.39, 0.29) is 6.29 Å². The Morgan fingerprint density at radius 1 is 1.00 bits per heavy atom. The third kappa shape index (κ3) is 3.40. The van der Waals surface area contributed by atoms with Crippen molar-refractivity contribution in [3.8, 4) is 0 Å². The van der Waals surface area contributed by atoms with Crippen molar-refractivity contribution >= 4 is 0 Å². The highest BCUT2D eigenvalue weighted by atomic mass is 16.7. The van der Waals surface area contributed by atoms with E-state index in [4.69, 9.17) is 9.47 Å². The van der Waals surface area contributed by atoms with E-state index >= 15 is 0 Å². The number of nitrogens with zero attached hydrogens (tertiary/aromatic N) is 1. The van der Waals surface area contributed by atoms with Crippen molar-refractivity contribution in [2.45, 2.75) is 57.6 Å². The quantitative estimate of drug-likeness (QED) is 0.844. The van der Waals surface area contributed by atoms with Crippen LogP contribution in [0.4, 0.5) is 0 Å². The topological polar surface area (TPSA) is 21.7 Å². The number of rotatable bonds is 3. The van der Waals surface area contributed by atoms with E-state index in [1.807, 2.05) is 0 Å². The lowest BCUT2D eigenvalue weighted by atomic mass is 9.94. The molecular formula is C17H25NO2. The van der Waals surface area contributed by atoms with Gasteiger partial charge in [0, 0.05) is 12.6 Å². The molecule has 1 aliphatic carbocycles. The number of benzene rings is 1. The van der Waals surface area contributed by atoms with Gasteiger partial charge in [-0.25, -0.2) is 0 Å². The van der Waals surface area contributed by atoms with E-state index in [1.54, 1.807) is 0 Å². The van der Waals surface area contributed by atoms with Gasteiger partial charge in [0.15, 0.2) is 6.29 Å². The number of hydrogen-bond acceptors (Lipinski definition) is 3. The maximum absolute atomic E-state index is 5.93. The van der Waals surface area contributed by atoms with Gasteiger partial charge in [0.1, 0.15) is 0 Å². The van der Waals surface area contributed by atoms with E-state index in [0.717, 1.165) is 6.54 Å². The lowest BCUT2D eigenvalue weighted by molar-refractivity contribution is -0.160. The molecule has 3 heteroatoms. The standard InChI is InChI=1S/C17H25NO2/c1-18(16-9-3-2-4-10-16)11-17-19-12-14-7-5-6-8-15(14)13-20-17/h5-8,16-17H,2-4,9-13H2,1H3. The minimum Gasteiger partial charge on any atom is -0.347 e. The number of hydrogen-bond donors (Lipinski definition) is 0. The second-order valence-corrected chi connectivity index (χ2v) is 6.05. The summed E-state index contributed by atoms with van der Waals surface area (Å²) in [6, 6.07) is 9.10. The molecule has 1 saturated carbocycles. The van der Waals surface area contributed by atoms with Crippen LogP contribution in [0.3, 0.4) is 0 Å². The zero-order valence-electron chi connectivity index (χ0n) is 12.4. The fourth-order valence-electron chi connectivity index (χ4n) is 3.26. The third-order valence-electron chi connectivity index (χ3n) is 4.60. The molecule has 0 aromatic heterocycles. The molecule has 0 saturated heterocycles. The van der Waals surface area contributed by atoms with Crippen molar-refractivity contribution < 1.29 is 9.47 Å². The smallest absolute Gasteiger partial charge is 0.171 e. The molecule has 0 bridgehead atoms. The van der Waals surface area contributed by atoms with Crippen molar-refractivity contribution in [1.29, 1.82) is 0 Å². The molecule has 1 aromatic carbocycles. The Hall–Kier alpha value is -0.900. The second-order valence-electron chi connectivity index (χ2n) is 6.05. The van der Waals surface area contributed by atoms with Crippen LogP contribution in [-0.2, 0) is 22.7 Å². The van der Waals surface area contributed by atoms with Crippen molar-refractivity contribution in [2.75, 3.05) is 13.6 Å². The molecule has 0 amide bonds. The van der Waals surface area contributed by atoms with Crippen LogP contribution in [0.25, 0.3) is 0 Å². The highest BCUT2D eigenvalue weighted by molar-refractivity contribution is 5.26. The van der Waals surface area contributed by atoms with E-state index in [0.29, 0.717) is 19.3 Å². The summed E-state index contributed by atoms with van der Waals surface area (Å²) in [4.78, 5) is 2.43. The summed E-state index contributed by atoms with van der Waals surface area (Å²) < 4.78 is 11.9. The van der Waals surface area contributed by atoms with Gasteiger partial charge in [-0.05, 0) is 31.0 Å². The molecule has 110 valence electrons. The van der Waals surface area contributed by atoms with Crippen molar-refractivity contribution in [3.05, 3.63) is 35.4 Å². The number of fused-ring (bicyclic) bond motifs is 1. The van der Waals surface area contributed by atoms with Gasteiger partial charge >= 0.3 is 0 Å². The maximum Gasteiger partial charge on any atom is 0.171 e. The number of ether oxygens (including phenoxy) is 2. The molecule has 0 radical (unpaired) electrons. The summed E-state index contributed by atoms with van der Waals surface area (Å²) in [5.74, 6) is 0. The van der Waals surface area contributed by atoms with Crippen molar-refractivity contribution in [2.24, 2.45) is 0 Å². The molecule has 20 heavy (non-hydrogen) atoms. The summed E-state index contributed by atoms with van der Waals surface area (Å²) in [7, 11) is 2.21. The molecule has 1 heterocycles. The first-order valence-corrected chi connectivity index (χ1v) is 7.83. The highest BCUT2D eigenvalue weighted by Crippen LogP contribution is 2.23. The van der Waals surface area contributed by atoms with Crippen molar-refractivity contribution in [1.82, 2.24) is 4.90 Å². The van der Waals surface area contributed by atoms with Gasteiger partial charge in [0.05, 0.1) is 13.2 Å². The molecule has 1 fully saturated rings. The van der Waals surface area contributed by atoms with Crippen LogP contribution in [0, 0.1) is 0 Å². The van der Waals surface area contributed by atoms with Crippen LogP contribution in [0.1, 0.15) is 43.2 Å². The van der Waals surface area contributed by atoms with E-state index in [1.165, 1.54) is 43.2 Å². The Morgan fingerprint density at radius 3 is 2.20 bits per heavy atom. The van der Waals surface area contributed by atoms with Gasteiger partial charge in [-0.3, -0.25) is 4.90 Å². The zero-order chi connectivity index (χ0) is 13.8. The zero-order valence-corrected chi connectivity index (χ0v) is 12.4. The van der Waals surface area contributed by atoms with E-state index in [2.05, 4.69) is 36.2 Å². The van der Waals surface area contributed by atoms with Gasteiger partial charge in [-0.15, -0.1) is 0 Å². The largest absolute Gasteiger partial charge is 0.347 e. The Balaban J connectivity index is 1.54. The van der Waals surface area contributed by atoms with Gasteiger partial charge in [0.25, 0.3) is 0 Å². The second kappa shape index (κ2) is 6.70. The molecule has 3 rings (SSSR count). The molecule has 3 nitrogen and oxygen atoms in total. The average Bonchev–Trinajstić information content (AvgIpc) is 2.71. The van der Waals surface area contributed by atoms with E-state index < -0.39 is 0 Å². The molecule has 0 unspecified atom stereocenters. The van der Waals surface area contributed by atoms with Crippen LogP contribution in [0.5, 0.6) is 0 Å². The first kappa shape index (κ1) is 14.1. The summed E-state index contributed by atoms with van der Waals surface area (Å²) in [5, 5.41) is 0. The predicted octanol–water partition coefficient (Wildman–Crippen LogP) is 3.32. The van der Waals surface area contributed by atoms with Gasteiger partial charge < -0.3 is 9.47 Å². The third-order valence-corrected chi connectivity index (χ3v) is 4.60. The average molecular weight is 275 g/mol. The summed E-state index contributed by atoms with van der Waals surface area (Å²) in [6.07, 6.45) is 6.68. The molecule has 1 aromatic rings. The van der Waals surface area contributed by atoms with Crippen LogP contribution < -0.4 is 0 Å². The minimum atomic E-state index is -0.102. The normalized spacial score (nSPS) is 21.7. The van der Waals surface area contributed by atoms with Crippen LogP contribution in [0.2, 0.25) is 0 Å². The fraction of sp³-hybridized carbons (Fsp3) is 0.647. The molecule has 0 atom stereocenters. The highest BCUT2D eigenvalue weighted by Gasteiger charge is 2.23. The molecule has 0 spiro atoms. The Morgan fingerprint density at radius 2 is 1.60 bits per heavy atom. The Bertz CT molecular complexity index is 402.